The lowest BCUT2D eigenvalue weighted by atomic mass is 9.83. The van der Waals surface area contributed by atoms with E-state index < -0.39 is 34.6 Å². The Bertz CT molecular complexity index is 2390. The third-order valence-electron chi connectivity index (χ3n) is 11.9. The van der Waals surface area contributed by atoms with Gasteiger partial charge in [-0.3, -0.25) is 23.9 Å². The van der Waals surface area contributed by atoms with Gasteiger partial charge in [0.25, 0.3) is 5.56 Å². The van der Waals surface area contributed by atoms with Gasteiger partial charge in [-0.25, -0.2) is 13.7 Å². The second-order valence-corrected chi connectivity index (χ2v) is 16.0. The topological polar surface area (TPSA) is 122 Å². The van der Waals surface area contributed by atoms with Crippen molar-refractivity contribution in [1.82, 2.24) is 34.7 Å². The number of fused-ring (bicyclic) bond motifs is 5. The van der Waals surface area contributed by atoms with Crippen LogP contribution in [0.2, 0.25) is 5.02 Å². The van der Waals surface area contributed by atoms with E-state index in [-0.39, 0.29) is 24.4 Å². The van der Waals surface area contributed by atoms with Crippen LogP contribution in [-0.2, 0) is 21.5 Å². The molecule has 0 atom stereocenters. The van der Waals surface area contributed by atoms with Gasteiger partial charge < -0.3 is 4.90 Å². The number of halogens is 3. The SMILES string of the molecule is CC1(C)c2ccc(C3CCN(Cc4nnn(C5CCN(c6cc(F)c(N7C(=O)CCCC7=O)c(F)c6)CC5)n4)CC3)cc2-n2c1nc(=O)c1c(Cl)cccc12. The fraction of sp³-hybridized carbons (Fsp3) is 0.425. The highest BCUT2D eigenvalue weighted by atomic mass is 35.5. The summed E-state index contributed by atoms with van der Waals surface area (Å²) in [5, 5.41) is 14.3. The molecule has 284 valence electrons. The Morgan fingerprint density at radius 2 is 1.60 bits per heavy atom. The second kappa shape index (κ2) is 13.6. The molecule has 0 unspecified atom stereocenters. The van der Waals surface area contributed by atoms with Gasteiger partial charge in [0.2, 0.25) is 11.8 Å². The minimum Gasteiger partial charge on any atom is -0.371 e. The quantitative estimate of drug-likeness (QED) is 0.186. The molecule has 12 nitrogen and oxygen atoms in total. The highest BCUT2D eigenvalue weighted by molar-refractivity contribution is 6.35. The van der Waals surface area contributed by atoms with Gasteiger partial charge >= 0.3 is 0 Å². The summed E-state index contributed by atoms with van der Waals surface area (Å²) in [6.45, 7) is 7.63. The standard InChI is InChI=1S/C40H40ClF2N9O3/c1-40(2)27-10-9-24(19-32(27)50-31-6-3-5-28(41)36(31)38(55)44-39(40)50)23-11-15-48(16-12-23)22-33-45-47-52(46-33)25-13-17-49(18-14-25)26-20-29(42)37(30(43)21-26)51-34(53)7-4-8-35(51)54/h3,5-6,9-10,19-21,23,25H,4,7-8,11-18,22H2,1-2H3. The maximum atomic E-state index is 15.2. The molecular weight excluding hydrogens is 728 g/mol. The van der Waals surface area contributed by atoms with Gasteiger partial charge in [0.15, 0.2) is 17.5 Å². The summed E-state index contributed by atoms with van der Waals surface area (Å²) in [4.78, 5) is 48.7. The van der Waals surface area contributed by atoms with Crippen molar-refractivity contribution < 1.29 is 18.4 Å². The molecule has 4 aliphatic heterocycles. The number of benzene rings is 3. The van der Waals surface area contributed by atoms with E-state index in [0.717, 1.165) is 48.5 Å². The number of aromatic nitrogens is 6. The number of piperidine rings is 3. The molecule has 2 amide bonds. The van der Waals surface area contributed by atoms with Crippen molar-refractivity contribution >= 4 is 45.7 Å². The number of amides is 2. The average Bonchev–Trinajstić information content (AvgIpc) is 3.72. The molecule has 0 saturated carbocycles. The van der Waals surface area contributed by atoms with Crippen LogP contribution >= 0.6 is 11.6 Å². The van der Waals surface area contributed by atoms with Crippen LogP contribution in [0.4, 0.5) is 20.2 Å². The van der Waals surface area contributed by atoms with Crippen LogP contribution in [0.25, 0.3) is 16.6 Å². The molecule has 9 rings (SSSR count). The molecular formula is C40H40ClF2N9O3. The van der Waals surface area contributed by atoms with E-state index >= 15 is 8.78 Å². The van der Waals surface area contributed by atoms with Crippen LogP contribution in [0.15, 0.2) is 53.3 Å². The molecule has 6 heterocycles. The van der Waals surface area contributed by atoms with E-state index in [9.17, 15) is 14.4 Å². The number of tetrazole rings is 1. The Labute approximate surface area is 320 Å². The molecule has 0 bridgehead atoms. The molecule has 0 spiro atoms. The van der Waals surface area contributed by atoms with E-state index in [2.05, 4.69) is 56.8 Å². The number of carbonyl (C=O) groups excluding carboxylic acids is 2. The van der Waals surface area contributed by atoms with Crippen LogP contribution < -0.4 is 15.4 Å². The van der Waals surface area contributed by atoms with Crippen molar-refractivity contribution in [1.29, 1.82) is 0 Å². The van der Waals surface area contributed by atoms with Gasteiger partial charge in [-0.05, 0) is 112 Å². The predicted octanol–water partition coefficient (Wildman–Crippen LogP) is 6.21. The predicted molar refractivity (Wildman–Crippen MR) is 203 cm³/mol. The second-order valence-electron chi connectivity index (χ2n) is 15.6. The molecule has 0 radical (unpaired) electrons. The molecule has 5 aromatic rings. The minimum atomic E-state index is -0.926. The number of imide groups is 1. The van der Waals surface area contributed by atoms with Crippen molar-refractivity contribution in [3.63, 3.8) is 0 Å². The third-order valence-corrected chi connectivity index (χ3v) is 12.2. The minimum absolute atomic E-state index is 0.00263. The highest BCUT2D eigenvalue weighted by Gasteiger charge is 2.39. The van der Waals surface area contributed by atoms with Crippen LogP contribution in [0.5, 0.6) is 0 Å². The Morgan fingerprint density at radius 3 is 2.31 bits per heavy atom. The highest BCUT2D eigenvalue weighted by Crippen LogP contribution is 2.45. The van der Waals surface area contributed by atoms with Crippen molar-refractivity contribution in [2.75, 3.05) is 36.0 Å². The van der Waals surface area contributed by atoms with E-state index in [1.54, 1.807) is 10.9 Å². The van der Waals surface area contributed by atoms with E-state index in [0.29, 0.717) is 71.6 Å². The summed E-state index contributed by atoms with van der Waals surface area (Å²) in [6.07, 6.45) is 3.82. The van der Waals surface area contributed by atoms with Crippen molar-refractivity contribution in [3.05, 3.63) is 98.3 Å². The molecule has 15 heteroatoms. The van der Waals surface area contributed by atoms with Crippen LogP contribution in [-0.4, -0.2) is 72.7 Å². The van der Waals surface area contributed by atoms with Gasteiger partial charge in [-0.15, -0.1) is 10.2 Å². The van der Waals surface area contributed by atoms with Crippen molar-refractivity contribution in [2.24, 2.45) is 0 Å². The summed E-state index contributed by atoms with van der Waals surface area (Å²) in [5.74, 6) is -1.27. The lowest BCUT2D eigenvalue weighted by Crippen LogP contribution is -2.41. The van der Waals surface area contributed by atoms with Crippen molar-refractivity contribution in [2.45, 2.75) is 82.7 Å². The van der Waals surface area contributed by atoms with Gasteiger partial charge in [0.1, 0.15) is 11.5 Å². The zero-order chi connectivity index (χ0) is 38.2. The fourth-order valence-electron chi connectivity index (χ4n) is 8.93. The maximum Gasteiger partial charge on any atom is 0.282 e. The molecule has 0 aliphatic carbocycles. The summed E-state index contributed by atoms with van der Waals surface area (Å²) in [5.41, 5.74) is 3.26. The Hall–Kier alpha value is -5.08. The third kappa shape index (κ3) is 6.10. The van der Waals surface area contributed by atoms with Gasteiger partial charge in [0.05, 0.1) is 39.6 Å². The van der Waals surface area contributed by atoms with Gasteiger partial charge in [-0.2, -0.15) is 9.78 Å². The first kappa shape index (κ1) is 35.6. The lowest BCUT2D eigenvalue weighted by molar-refractivity contribution is -0.129. The van der Waals surface area contributed by atoms with Crippen LogP contribution in [0, 0.1) is 11.6 Å². The number of rotatable bonds is 6. The smallest absolute Gasteiger partial charge is 0.282 e. The first-order valence-electron chi connectivity index (χ1n) is 18.9. The molecule has 3 fully saturated rings. The maximum absolute atomic E-state index is 15.2. The van der Waals surface area contributed by atoms with Gasteiger partial charge in [0, 0.05) is 31.6 Å². The summed E-state index contributed by atoms with van der Waals surface area (Å²) < 4.78 is 32.4. The van der Waals surface area contributed by atoms with Gasteiger partial charge in [-0.1, -0.05) is 29.8 Å². The number of likely N-dealkylation sites (tertiary alicyclic amines) is 1. The largest absolute Gasteiger partial charge is 0.371 e. The first-order valence-corrected chi connectivity index (χ1v) is 19.3. The average molecular weight is 768 g/mol. The molecule has 0 N–H and O–H groups in total. The molecule has 55 heavy (non-hydrogen) atoms. The molecule has 2 aromatic heterocycles. The zero-order valence-corrected chi connectivity index (χ0v) is 31.4. The number of hydrogen-bond acceptors (Lipinski definition) is 9. The zero-order valence-electron chi connectivity index (χ0n) is 30.6. The molecule has 3 saturated heterocycles. The number of carbonyl (C=O) groups is 2. The number of nitrogens with zero attached hydrogens (tertiary/aromatic N) is 9. The number of hydrogen-bond donors (Lipinski definition) is 0. The van der Waals surface area contributed by atoms with E-state index in [4.69, 9.17) is 16.7 Å². The Morgan fingerprint density at radius 1 is 0.891 bits per heavy atom. The fourth-order valence-corrected chi connectivity index (χ4v) is 9.18. The van der Waals surface area contributed by atoms with Crippen LogP contribution in [0.3, 0.4) is 0 Å². The van der Waals surface area contributed by atoms with E-state index in [1.807, 2.05) is 17.0 Å². The normalized spacial score (nSPS) is 19.4. The van der Waals surface area contributed by atoms with E-state index in [1.165, 1.54) is 17.7 Å². The monoisotopic (exact) mass is 767 g/mol. The first-order chi connectivity index (χ1) is 26.5. The summed E-state index contributed by atoms with van der Waals surface area (Å²) in [7, 11) is 0. The Balaban J connectivity index is 0.825. The molecule has 3 aromatic carbocycles. The Kier molecular flexibility index (Phi) is 8.80. The molecule has 4 aliphatic rings. The van der Waals surface area contributed by atoms with Crippen molar-refractivity contribution in [3.8, 4) is 5.69 Å². The summed E-state index contributed by atoms with van der Waals surface area (Å²) in [6, 6.07) is 14.6. The summed E-state index contributed by atoms with van der Waals surface area (Å²) >= 11 is 6.48. The number of anilines is 2. The van der Waals surface area contributed by atoms with Crippen LogP contribution in [0.1, 0.15) is 93.5 Å². The lowest BCUT2D eigenvalue weighted by Gasteiger charge is -2.33.